The van der Waals surface area contributed by atoms with Gasteiger partial charge in [-0.15, -0.1) is 0 Å². The largest absolute Gasteiger partial charge is 0.479 e. The quantitative estimate of drug-likeness (QED) is 0.671. The molecule has 0 bridgehead atoms. The maximum Gasteiger partial charge on any atom is 0.334 e. The van der Waals surface area contributed by atoms with Crippen LogP contribution in [0.1, 0.15) is 10.4 Å². The number of carbonyl (C=O) groups is 3. The number of carbonyl (C=O) groups excluding carboxylic acids is 2. The molecule has 0 aliphatic heterocycles. The molecule has 21 heavy (non-hydrogen) atoms. The summed E-state index contributed by atoms with van der Waals surface area (Å²) < 4.78 is 4.65. The van der Waals surface area contributed by atoms with Gasteiger partial charge in [0, 0.05) is 7.11 Å². The van der Waals surface area contributed by atoms with E-state index < -0.39 is 23.9 Å². The fraction of sp³-hybridized carbons (Fsp3) is 0.308. The number of methoxy groups -OCH3 is 1. The van der Waals surface area contributed by atoms with E-state index in [1.165, 1.54) is 13.2 Å². The van der Waals surface area contributed by atoms with E-state index in [1.54, 1.807) is 18.2 Å². The number of halogens is 1. The topological polar surface area (TPSA) is 105 Å². The molecule has 2 amide bonds. The Hall–Kier alpha value is -2.12. The Labute approximate surface area is 126 Å². The first kappa shape index (κ1) is 16.9. The van der Waals surface area contributed by atoms with Gasteiger partial charge in [-0.2, -0.15) is 0 Å². The summed E-state index contributed by atoms with van der Waals surface area (Å²) in [6.07, 6.45) is -1.13. The summed E-state index contributed by atoms with van der Waals surface area (Å²) in [5.41, 5.74) is 0.257. The molecule has 0 radical (unpaired) electrons. The Morgan fingerprint density at radius 2 is 1.95 bits per heavy atom. The van der Waals surface area contributed by atoms with Crippen molar-refractivity contribution >= 4 is 29.4 Å². The highest BCUT2D eigenvalue weighted by Gasteiger charge is 2.17. The van der Waals surface area contributed by atoms with Gasteiger partial charge in [-0.05, 0) is 12.1 Å². The van der Waals surface area contributed by atoms with Gasteiger partial charge < -0.3 is 20.5 Å². The summed E-state index contributed by atoms with van der Waals surface area (Å²) in [4.78, 5) is 33.9. The molecule has 1 rings (SSSR count). The van der Waals surface area contributed by atoms with Crippen molar-refractivity contribution in [2.24, 2.45) is 0 Å². The number of rotatable bonds is 7. The SMILES string of the molecule is COC(CNC(=O)CNC(=O)c1ccccc1Cl)C(=O)O. The molecule has 114 valence electrons. The Balaban J connectivity index is 2.41. The lowest BCUT2D eigenvalue weighted by atomic mass is 10.2. The Morgan fingerprint density at radius 1 is 1.29 bits per heavy atom. The number of carboxylic acid groups (broad SMARTS) is 1. The predicted molar refractivity (Wildman–Crippen MR) is 75.2 cm³/mol. The summed E-state index contributed by atoms with van der Waals surface area (Å²) >= 11 is 5.85. The fourth-order valence-electron chi connectivity index (χ4n) is 1.44. The lowest BCUT2D eigenvalue weighted by Gasteiger charge is -2.12. The van der Waals surface area contributed by atoms with Gasteiger partial charge in [0.15, 0.2) is 6.10 Å². The van der Waals surface area contributed by atoms with E-state index in [9.17, 15) is 14.4 Å². The molecule has 0 spiro atoms. The van der Waals surface area contributed by atoms with Crippen LogP contribution in [0.5, 0.6) is 0 Å². The number of benzene rings is 1. The van der Waals surface area contributed by atoms with Gasteiger partial charge >= 0.3 is 5.97 Å². The Morgan fingerprint density at radius 3 is 2.52 bits per heavy atom. The monoisotopic (exact) mass is 314 g/mol. The van der Waals surface area contributed by atoms with E-state index in [0.29, 0.717) is 0 Å². The molecule has 0 saturated carbocycles. The van der Waals surface area contributed by atoms with E-state index in [4.69, 9.17) is 16.7 Å². The van der Waals surface area contributed by atoms with Gasteiger partial charge in [0.05, 0.1) is 23.7 Å². The summed E-state index contributed by atoms with van der Waals surface area (Å²) in [6.45, 7) is -0.479. The molecule has 0 aromatic heterocycles. The molecule has 1 aromatic rings. The lowest BCUT2D eigenvalue weighted by Crippen LogP contribution is -2.42. The van der Waals surface area contributed by atoms with Gasteiger partial charge in [-0.25, -0.2) is 4.79 Å². The third kappa shape index (κ3) is 5.41. The molecule has 7 nitrogen and oxygen atoms in total. The van der Waals surface area contributed by atoms with Gasteiger partial charge in [0.25, 0.3) is 5.91 Å². The molecule has 0 heterocycles. The second-order valence-electron chi connectivity index (χ2n) is 4.03. The third-order valence-corrected chi connectivity index (χ3v) is 2.90. The average Bonchev–Trinajstić information content (AvgIpc) is 2.45. The molecule has 0 aliphatic carbocycles. The van der Waals surface area contributed by atoms with Crippen LogP contribution in [0.2, 0.25) is 5.02 Å². The lowest BCUT2D eigenvalue weighted by molar-refractivity contribution is -0.148. The van der Waals surface area contributed by atoms with Gasteiger partial charge in [0.2, 0.25) is 5.91 Å². The van der Waals surface area contributed by atoms with Crippen molar-refractivity contribution in [1.82, 2.24) is 10.6 Å². The molecule has 0 aliphatic rings. The van der Waals surface area contributed by atoms with Crippen molar-refractivity contribution < 1.29 is 24.2 Å². The van der Waals surface area contributed by atoms with Crippen LogP contribution in [0.15, 0.2) is 24.3 Å². The smallest absolute Gasteiger partial charge is 0.334 e. The fourth-order valence-corrected chi connectivity index (χ4v) is 1.66. The van der Waals surface area contributed by atoms with Crippen LogP contribution in [-0.2, 0) is 14.3 Å². The van der Waals surface area contributed by atoms with Crippen LogP contribution >= 0.6 is 11.6 Å². The van der Waals surface area contributed by atoms with Gasteiger partial charge in [-0.3, -0.25) is 9.59 Å². The molecule has 1 atom stereocenters. The zero-order chi connectivity index (χ0) is 15.8. The molecular weight excluding hydrogens is 300 g/mol. The zero-order valence-electron chi connectivity index (χ0n) is 11.3. The van der Waals surface area contributed by atoms with E-state index in [2.05, 4.69) is 15.4 Å². The summed E-state index contributed by atoms with van der Waals surface area (Å²) in [7, 11) is 1.23. The molecule has 8 heteroatoms. The summed E-state index contributed by atoms with van der Waals surface area (Å²) in [5.74, 6) is -2.20. The van der Waals surface area contributed by atoms with Crippen LogP contribution in [0.3, 0.4) is 0 Å². The molecule has 0 saturated heterocycles. The minimum Gasteiger partial charge on any atom is -0.479 e. The standard InChI is InChI=1S/C13H15ClN2O5/c1-21-10(13(19)20)6-15-11(17)7-16-12(18)8-4-2-3-5-9(8)14/h2-5,10H,6-7H2,1H3,(H,15,17)(H,16,18)(H,19,20). The third-order valence-electron chi connectivity index (χ3n) is 2.57. The number of ether oxygens (including phenoxy) is 1. The van der Waals surface area contributed by atoms with Crippen molar-refractivity contribution in [2.45, 2.75) is 6.10 Å². The van der Waals surface area contributed by atoms with E-state index in [-0.39, 0.29) is 23.7 Å². The van der Waals surface area contributed by atoms with Crippen LogP contribution in [-0.4, -0.2) is 49.2 Å². The Bertz CT molecular complexity index is 535. The van der Waals surface area contributed by atoms with Crippen molar-refractivity contribution in [2.75, 3.05) is 20.2 Å². The first-order valence-electron chi connectivity index (χ1n) is 6.00. The number of amides is 2. The first-order chi connectivity index (χ1) is 9.95. The number of carboxylic acids is 1. The second-order valence-corrected chi connectivity index (χ2v) is 4.44. The number of hydrogen-bond acceptors (Lipinski definition) is 4. The molecular formula is C13H15ClN2O5. The van der Waals surface area contributed by atoms with E-state index >= 15 is 0 Å². The summed E-state index contributed by atoms with van der Waals surface area (Å²) in [5, 5.41) is 13.7. The number of aliphatic carboxylic acids is 1. The number of hydrogen-bond donors (Lipinski definition) is 3. The molecule has 0 fully saturated rings. The first-order valence-corrected chi connectivity index (χ1v) is 6.38. The van der Waals surface area contributed by atoms with Crippen LogP contribution < -0.4 is 10.6 Å². The predicted octanol–water partition coefficient (Wildman–Crippen LogP) is 0.286. The van der Waals surface area contributed by atoms with E-state index in [1.807, 2.05) is 0 Å². The number of nitrogens with one attached hydrogen (secondary N) is 2. The van der Waals surface area contributed by atoms with Gasteiger partial charge in [0.1, 0.15) is 0 Å². The van der Waals surface area contributed by atoms with Crippen molar-refractivity contribution in [3.8, 4) is 0 Å². The minimum absolute atomic E-state index is 0.188. The van der Waals surface area contributed by atoms with Gasteiger partial charge in [-0.1, -0.05) is 23.7 Å². The summed E-state index contributed by atoms with van der Waals surface area (Å²) in [6, 6.07) is 6.42. The molecule has 1 unspecified atom stereocenters. The zero-order valence-corrected chi connectivity index (χ0v) is 12.0. The van der Waals surface area contributed by atoms with Crippen LogP contribution in [0.4, 0.5) is 0 Å². The maximum absolute atomic E-state index is 11.8. The highest BCUT2D eigenvalue weighted by molar-refractivity contribution is 6.33. The van der Waals surface area contributed by atoms with Crippen LogP contribution in [0.25, 0.3) is 0 Å². The van der Waals surface area contributed by atoms with Crippen molar-refractivity contribution in [3.63, 3.8) is 0 Å². The molecule has 3 N–H and O–H groups in total. The van der Waals surface area contributed by atoms with Crippen molar-refractivity contribution in [3.05, 3.63) is 34.9 Å². The average molecular weight is 315 g/mol. The van der Waals surface area contributed by atoms with E-state index in [0.717, 1.165) is 0 Å². The highest BCUT2D eigenvalue weighted by Crippen LogP contribution is 2.14. The maximum atomic E-state index is 11.8. The normalized spacial score (nSPS) is 11.5. The molecule has 1 aromatic carbocycles. The highest BCUT2D eigenvalue weighted by atomic mass is 35.5. The Kier molecular flexibility index (Phi) is 6.64. The second kappa shape index (κ2) is 8.23. The minimum atomic E-state index is -1.18. The van der Waals surface area contributed by atoms with Crippen molar-refractivity contribution in [1.29, 1.82) is 0 Å². The van der Waals surface area contributed by atoms with Crippen LogP contribution in [0, 0.1) is 0 Å².